The van der Waals surface area contributed by atoms with Gasteiger partial charge in [0, 0.05) is 24.5 Å². The van der Waals surface area contributed by atoms with E-state index in [1.807, 2.05) is 36.2 Å². The maximum Gasteiger partial charge on any atom is 0.218 e. The lowest BCUT2D eigenvalue weighted by Crippen LogP contribution is -2.24. The quantitative estimate of drug-likeness (QED) is 0.830. The predicted molar refractivity (Wildman–Crippen MR) is 61.6 cm³/mol. The van der Waals surface area contributed by atoms with Crippen molar-refractivity contribution < 1.29 is 4.79 Å². The van der Waals surface area contributed by atoms with E-state index in [1.54, 1.807) is 0 Å². The molecule has 0 saturated carbocycles. The largest absolute Gasteiger partial charge is 0.370 e. The van der Waals surface area contributed by atoms with Gasteiger partial charge in [0.15, 0.2) is 0 Å². The number of halogens is 1. The molecule has 4 heteroatoms. The molecule has 3 nitrogen and oxygen atoms in total. The number of primary amides is 1. The van der Waals surface area contributed by atoms with Gasteiger partial charge in [-0.3, -0.25) is 4.79 Å². The number of benzene rings is 1. The van der Waals surface area contributed by atoms with Crippen LogP contribution in [-0.2, 0) is 11.3 Å². The summed E-state index contributed by atoms with van der Waals surface area (Å²) >= 11 is 6.01. The van der Waals surface area contributed by atoms with Crippen molar-refractivity contribution in [3.63, 3.8) is 0 Å². The fourth-order valence-electron chi connectivity index (χ4n) is 1.30. The lowest BCUT2D eigenvalue weighted by molar-refractivity contribution is -0.118. The molecule has 0 aliphatic carbocycles. The van der Waals surface area contributed by atoms with Gasteiger partial charge < -0.3 is 10.6 Å². The Kier molecular flexibility index (Phi) is 4.59. The van der Waals surface area contributed by atoms with Crippen molar-refractivity contribution in [2.75, 3.05) is 13.6 Å². The number of nitrogens with zero attached hydrogens (tertiary/aromatic N) is 1. The number of carbonyl (C=O) groups is 1. The summed E-state index contributed by atoms with van der Waals surface area (Å²) in [4.78, 5) is 12.6. The van der Waals surface area contributed by atoms with Gasteiger partial charge in [0.25, 0.3) is 0 Å². The highest BCUT2D eigenvalue weighted by molar-refractivity contribution is 6.31. The standard InChI is InChI=1S/C11H15ClN2O/c1-14(7-6-11(13)15)8-9-4-2-3-5-10(9)12/h2-5H,6-8H2,1H3,(H2,13,15). The van der Waals surface area contributed by atoms with Crippen LogP contribution in [0.4, 0.5) is 0 Å². The second-order valence-electron chi connectivity index (χ2n) is 3.55. The fraction of sp³-hybridized carbons (Fsp3) is 0.364. The average molecular weight is 227 g/mol. The number of carbonyl (C=O) groups excluding carboxylic acids is 1. The Morgan fingerprint density at radius 3 is 2.73 bits per heavy atom. The Morgan fingerprint density at radius 1 is 1.47 bits per heavy atom. The Balaban J connectivity index is 2.47. The molecule has 82 valence electrons. The molecule has 0 aromatic heterocycles. The topological polar surface area (TPSA) is 46.3 Å². The second-order valence-corrected chi connectivity index (χ2v) is 3.95. The van der Waals surface area contributed by atoms with Crippen LogP contribution in [0, 0.1) is 0 Å². The third-order valence-corrected chi connectivity index (χ3v) is 2.51. The molecular weight excluding hydrogens is 212 g/mol. The maximum atomic E-state index is 10.6. The third-order valence-electron chi connectivity index (χ3n) is 2.14. The zero-order chi connectivity index (χ0) is 11.3. The number of hydrogen-bond acceptors (Lipinski definition) is 2. The van der Waals surface area contributed by atoms with Crippen LogP contribution < -0.4 is 5.73 Å². The van der Waals surface area contributed by atoms with Gasteiger partial charge >= 0.3 is 0 Å². The van der Waals surface area contributed by atoms with E-state index in [0.717, 1.165) is 17.1 Å². The van der Waals surface area contributed by atoms with Crippen molar-refractivity contribution in [1.82, 2.24) is 4.90 Å². The van der Waals surface area contributed by atoms with Crippen LogP contribution in [0.5, 0.6) is 0 Å². The molecule has 1 amide bonds. The number of amides is 1. The summed E-state index contributed by atoms with van der Waals surface area (Å²) in [6.45, 7) is 1.38. The van der Waals surface area contributed by atoms with Crippen LogP contribution in [-0.4, -0.2) is 24.4 Å². The highest BCUT2D eigenvalue weighted by Crippen LogP contribution is 2.16. The maximum absolute atomic E-state index is 10.6. The summed E-state index contributed by atoms with van der Waals surface area (Å²) < 4.78 is 0. The molecule has 1 aromatic carbocycles. The molecular formula is C11H15ClN2O. The van der Waals surface area contributed by atoms with Crippen LogP contribution in [0.2, 0.25) is 5.02 Å². The highest BCUT2D eigenvalue weighted by Gasteiger charge is 2.04. The molecule has 0 aliphatic rings. The Hall–Kier alpha value is -1.06. The van der Waals surface area contributed by atoms with Crippen molar-refractivity contribution in [3.8, 4) is 0 Å². The van der Waals surface area contributed by atoms with E-state index in [2.05, 4.69) is 0 Å². The fourth-order valence-corrected chi connectivity index (χ4v) is 1.49. The molecule has 1 aromatic rings. The second kappa shape index (κ2) is 5.73. The van der Waals surface area contributed by atoms with Gasteiger partial charge in [-0.05, 0) is 18.7 Å². The van der Waals surface area contributed by atoms with Crippen molar-refractivity contribution in [2.45, 2.75) is 13.0 Å². The van der Waals surface area contributed by atoms with Gasteiger partial charge in [-0.25, -0.2) is 0 Å². The molecule has 0 atom stereocenters. The lowest BCUT2D eigenvalue weighted by atomic mass is 10.2. The summed E-state index contributed by atoms with van der Waals surface area (Å²) in [7, 11) is 1.94. The first-order valence-corrected chi connectivity index (χ1v) is 5.17. The normalized spacial score (nSPS) is 10.6. The summed E-state index contributed by atoms with van der Waals surface area (Å²) in [5.41, 5.74) is 6.13. The number of rotatable bonds is 5. The van der Waals surface area contributed by atoms with Gasteiger partial charge in [-0.2, -0.15) is 0 Å². The van der Waals surface area contributed by atoms with Gasteiger partial charge in [0.1, 0.15) is 0 Å². The van der Waals surface area contributed by atoms with Crippen LogP contribution in [0.15, 0.2) is 24.3 Å². The number of nitrogens with two attached hydrogens (primary N) is 1. The van der Waals surface area contributed by atoms with E-state index in [9.17, 15) is 4.79 Å². The Bertz CT molecular complexity index is 341. The summed E-state index contributed by atoms with van der Waals surface area (Å²) in [5.74, 6) is -0.277. The molecule has 0 saturated heterocycles. The van der Waals surface area contributed by atoms with Crippen molar-refractivity contribution in [2.24, 2.45) is 5.73 Å². The third kappa shape index (κ3) is 4.32. The van der Waals surface area contributed by atoms with Gasteiger partial charge in [0.05, 0.1) is 0 Å². The lowest BCUT2D eigenvalue weighted by Gasteiger charge is -2.16. The minimum Gasteiger partial charge on any atom is -0.370 e. The first-order valence-electron chi connectivity index (χ1n) is 4.80. The van der Waals surface area contributed by atoms with Crippen LogP contribution in [0.3, 0.4) is 0 Å². The van der Waals surface area contributed by atoms with Crippen molar-refractivity contribution in [3.05, 3.63) is 34.9 Å². The van der Waals surface area contributed by atoms with E-state index in [-0.39, 0.29) is 5.91 Å². The molecule has 0 unspecified atom stereocenters. The van der Waals surface area contributed by atoms with E-state index in [0.29, 0.717) is 13.0 Å². The molecule has 0 spiro atoms. The summed E-state index contributed by atoms with van der Waals surface area (Å²) in [6, 6.07) is 7.68. The monoisotopic (exact) mass is 226 g/mol. The van der Waals surface area contributed by atoms with Crippen molar-refractivity contribution >= 4 is 17.5 Å². The zero-order valence-electron chi connectivity index (χ0n) is 8.74. The highest BCUT2D eigenvalue weighted by atomic mass is 35.5. The zero-order valence-corrected chi connectivity index (χ0v) is 9.50. The molecule has 15 heavy (non-hydrogen) atoms. The van der Waals surface area contributed by atoms with E-state index < -0.39 is 0 Å². The molecule has 0 aliphatic heterocycles. The van der Waals surface area contributed by atoms with Crippen molar-refractivity contribution in [1.29, 1.82) is 0 Å². The molecule has 2 N–H and O–H groups in total. The summed E-state index contributed by atoms with van der Waals surface area (Å²) in [6.07, 6.45) is 0.376. The summed E-state index contributed by atoms with van der Waals surface area (Å²) in [5, 5.41) is 0.753. The molecule has 0 fully saturated rings. The van der Waals surface area contributed by atoms with E-state index in [1.165, 1.54) is 0 Å². The SMILES string of the molecule is CN(CCC(N)=O)Cc1ccccc1Cl. The first-order chi connectivity index (χ1) is 7.09. The molecule has 1 rings (SSSR count). The average Bonchev–Trinajstić information content (AvgIpc) is 2.18. The molecule has 0 heterocycles. The van der Waals surface area contributed by atoms with Gasteiger partial charge in [-0.1, -0.05) is 29.8 Å². The van der Waals surface area contributed by atoms with Crippen LogP contribution in [0.25, 0.3) is 0 Å². The minimum atomic E-state index is -0.277. The van der Waals surface area contributed by atoms with E-state index >= 15 is 0 Å². The minimum absolute atomic E-state index is 0.277. The first kappa shape index (κ1) is 12.0. The molecule has 0 bridgehead atoms. The predicted octanol–water partition coefficient (Wildman–Crippen LogP) is 1.65. The van der Waals surface area contributed by atoms with Crippen LogP contribution >= 0.6 is 11.6 Å². The molecule has 0 radical (unpaired) electrons. The van der Waals surface area contributed by atoms with Crippen LogP contribution in [0.1, 0.15) is 12.0 Å². The number of hydrogen-bond donors (Lipinski definition) is 1. The van der Waals surface area contributed by atoms with E-state index in [4.69, 9.17) is 17.3 Å². The Morgan fingerprint density at radius 2 is 2.13 bits per heavy atom. The van der Waals surface area contributed by atoms with Gasteiger partial charge in [0.2, 0.25) is 5.91 Å². The van der Waals surface area contributed by atoms with Gasteiger partial charge in [-0.15, -0.1) is 0 Å². The smallest absolute Gasteiger partial charge is 0.218 e. The Labute approximate surface area is 94.8 Å².